The van der Waals surface area contributed by atoms with Crippen molar-refractivity contribution in [2.24, 2.45) is 0 Å². The molecule has 4 rings (SSSR count). The van der Waals surface area contributed by atoms with E-state index in [1.807, 2.05) is 33.9 Å². The van der Waals surface area contributed by atoms with Gasteiger partial charge in [0.05, 0.1) is 11.3 Å². The van der Waals surface area contributed by atoms with E-state index >= 15 is 0 Å². The number of alkyl halides is 3. The lowest BCUT2D eigenvalue weighted by atomic mass is 10.1. The number of piperazine rings is 1. The molecule has 1 fully saturated rings. The van der Waals surface area contributed by atoms with E-state index in [-0.39, 0.29) is 12.5 Å². The lowest BCUT2D eigenvalue weighted by Crippen LogP contribution is -2.49. The van der Waals surface area contributed by atoms with Crippen LogP contribution >= 0.6 is 15.9 Å². The fraction of sp³-hybridized carbons (Fsp3) is 0.300. The van der Waals surface area contributed by atoms with Gasteiger partial charge in [-0.15, -0.1) is 0 Å². The predicted molar refractivity (Wildman–Crippen MR) is 108 cm³/mol. The van der Waals surface area contributed by atoms with Crippen LogP contribution in [0.4, 0.5) is 18.9 Å². The Morgan fingerprint density at radius 1 is 1.10 bits per heavy atom. The van der Waals surface area contributed by atoms with Crippen LogP contribution in [-0.2, 0) is 17.5 Å². The molecule has 9 heteroatoms. The number of hydrogen-bond donors (Lipinski definition) is 0. The molecular formula is C20H18BrF3N4O. The summed E-state index contributed by atoms with van der Waals surface area (Å²) in [6.07, 6.45) is -0.821. The maximum absolute atomic E-state index is 12.8. The number of carbonyl (C=O) groups is 1. The first kappa shape index (κ1) is 19.8. The molecular weight excluding hydrogens is 449 g/mol. The highest BCUT2D eigenvalue weighted by Gasteiger charge is 2.31. The normalized spacial score (nSPS) is 15.2. The topological polar surface area (TPSA) is 41.4 Å². The zero-order valence-electron chi connectivity index (χ0n) is 15.4. The van der Waals surface area contributed by atoms with Gasteiger partial charge in [0.1, 0.15) is 12.2 Å². The van der Waals surface area contributed by atoms with Crippen LogP contribution < -0.4 is 4.90 Å². The third-order valence-corrected chi connectivity index (χ3v) is 5.71. The largest absolute Gasteiger partial charge is 0.416 e. The van der Waals surface area contributed by atoms with Crippen LogP contribution in [0.3, 0.4) is 0 Å². The van der Waals surface area contributed by atoms with Crippen molar-refractivity contribution in [3.8, 4) is 0 Å². The molecule has 3 aromatic rings. The average Bonchev–Trinajstić information content (AvgIpc) is 3.10. The number of anilines is 1. The van der Waals surface area contributed by atoms with Crippen LogP contribution in [0, 0.1) is 0 Å². The molecule has 2 aromatic heterocycles. The van der Waals surface area contributed by atoms with E-state index in [0.717, 1.165) is 23.2 Å². The summed E-state index contributed by atoms with van der Waals surface area (Å²) in [6, 6.07) is 9.38. The number of fused-ring (bicyclic) bond motifs is 1. The standard InChI is InChI=1S/C20H18BrF3N4O/c21-16-12-15(20(22,23)24)3-4-17(16)26-8-10-27(11-9-26)18(29)13-28-7-5-14-2-1-6-25-19(14)28/h1-7,12H,8-11,13H2. The van der Waals surface area contributed by atoms with Crippen LogP contribution in [0.15, 0.2) is 53.3 Å². The summed E-state index contributed by atoms with van der Waals surface area (Å²) in [5, 5.41) is 0.984. The van der Waals surface area contributed by atoms with Gasteiger partial charge >= 0.3 is 6.18 Å². The van der Waals surface area contributed by atoms with E-state index < -0.39 is 11.7 Å². The Balaban J connectivity index is 1.40. The molecule has 0 atom stereocenters. The van der Waals surface area contributed by atoms with Crippen molar-refractivity contribution in [2.45, 2.75) is 12.7 Å². The van der Waals surface area contributed by atoms with Gasteiger partial charge in [-0.2, -0.15) is 13.2 Å². The van der Waals surface area contributed by atoms with Crippen molar-refractivity contribution >= 4 is 38.6 Å². The molecule has 0 N–H and O–H groups in total. The second kappa shape index (κ2) is 7.70. The third kappa shape index (κ3) is 4.10. The van der Waals surface area contributed by atoms with Crippen molar-refractivity contribution in [3.05, 3.63) is 58.8 Å². The molecule has 0 radical (unpaired) electrons. The number of pyridine rings is 1. The monoisotopic (exact) mass is 466 g/mol. The van der Waals surface area contributed by atoms with Gasteiger partial charge in [0.15, 0.2) is 0 Å². The van der Waals surface area contributed by atoms with Crippen molar-refractivity contribution < 1.29 is 18.0 Å². The van der Waals surface area contributed by atoms with E-state index in [2.05, 4.69) is 20.9 Å². The van der Waals surface area contributed by atoms with E-state index in [4.69, 9.17) is 0 Å². The summed E-state index contributed by atoms with van der Waals surface area (Å²) in [5.74, 6) is -0.000659. The van der Waals surface area contributed by atoms with Gasteiger partial charge in [-0.25, -0.2) is 4.98 Å². The number of rotatable bonds is 3. The average molecular weight is 467 g/mol. The second-order valence-electron chi connectivity index (χ2n) is 6.89. The summed E-state index contributed by atoms with van der Waals surface area (Å²) in [7, 11) is 0. The number of nitrogens with zero attached hydrogens (tertiary/aromatic N) is 4. The SMILES string of the molecule is O=C(Cn1ccc2cccnc21)N1CCN(c2ccc(C(F)(F)F)cc2Br)CC1. The Morgan fingerprint density at radius 2 is 1.86 bits per heavy atom. The highest BCUT2D eigenvalue weighted by atomic mass is 79.9. The first-order chi connectivity index (χ1) is 13.8. The highest BCUT2D eigenvalue weighted by Crippen LogP contribution is 2.35. The molecule has 0 spiro atoms. The van der Waals surface area contributed by atoms with Crippen molar-refractivity contribution in [3.63, 3.8) is 0 Å². The molecule has 0 saturated carbocycles. The molecule has 0 unspecified atom stereocenters. The van der Waals surface area contributed by atoms with Crippen molar-refractivity contribution in [2.75, 3.05) is 31.1 Å². The minimum Gasteiger partial charge on any atom is -0.367 e. The Morgan fingerprint density at radius 3 is 2.55 bits per heavy atom. The molecule has 1 aliphatic rings. The predicted octanol–water partition coefficient (Wildman–Crippen LogP) is 4.17. The highest BCUT2D eigenvalue weighted by molar-refractivity contribution is 9.10. The van der Waals surface area contributed by atoms with Gasteiger partial charge in [-0.05, 0) is 52.3 Å². The second-order valence-corrected chi connectivity index (χ2v) is 7.75. The van der Waals surface area contributed by atoms with Crippen molar-refractivity contribution in [1.82, 2.24) is 14.5 Å². The molecule has 152 valence electrons. The molecule has 0 aliphatic carbocycles. The number of carbonyl (C=O) groups excluding carboxylic acids is 1. The Labute approximate surface area is 173 Å². The van der Waals surface area contributed by atoms with Gasteiger partial charge in [0, 0.05) is 48.4 Å². The number of halogens is 4. The fourth-order valence-electron chi connectivity index (χ4n) is 3.53. The fourth-order valence-corrected chi connectivity index (χ4v) is 4.16. The van der Waals surface area contributed by atoms with E-state index in [1.54, 1.807) is 11.1 Å². The summed E-state index contributed by atoms with van der Waals surface area (Å²) in [4.78, 5) is 20.8. The minimum absolute atomic E-state index is 0.000659. The maximum atomic E-state index is 12.8. The van der Waals surface area contributed by atoms with Gasteiger partial charge in [-0.1, -0.05) is 0 Å². The first-order valence-corrected chi connectivity index (χ1v) is 9.91. The molecule has 29 heavy (non-hydrogen) atoms. The van der Waals surface area contributed by atoms with Gasteiger partial charge in [-0.3, -0.25) is 4.79 Å². The third-order valence-electron chi connectivity index (χ3n) is 5.08. The van der Waals surface area contributed by atoms with E-state index in [1.165, 1.54) is 6.07 Å². The van der Waals surface area contributed by atoms with Gasteiger partial charge in [0.2, 0.25) is 5.91 Å². The number of amides is 1. The summed E-state index contributed by atoms with van der Waals surface area (Å²) < 4.78 is 40.8. The minimum atomic E-state index is -4.37. The molecule has 5 nitrogen and oxygen atoms in total. The number of benzene rings is 1. The van der Waals surface area contributed by atoms with Gasteiger partial charge < -0.3 is 14.4 Å². The Hall–Kier alpha value is -2.55. The quantitative estimate of drug-likeness (QED) is 0.581. The summed E-state index contributed by atoms with van der Waals surface area (Å²) >= 11 is 3.25. The van der Waals surface area contributed by atoms with Crippen LogP contribution in [0.2, 0.25) is 0 Å². The molecule has 1 aromatic carbocycles. The molecule has 1 saturated heterocycles. The van der Waals surface area contributed by atoms with E-state index in [9.17, 15) is 18.0 Å². The zero-order valence-corrected chi connectivity index (χ0v) is 16.9. The number of aromatic nitrogens is 2. The Kier molecular flexibility index (Phi) is 5.24. The smallest absolute Gasteiger partial charge is 0.367 e. The maximum Gasteiger partial charge on any atom is 0.416 e. The van der Waals surface area contributed by atoms with Gasteiger partial charge in [0.25, 0.3) is 0 Å². The van der Waals surface area contributed by atoms with Crippen LogP contribution in [0.25, 0.3) is 11.0 Å². The first-order valence-electron chi connectivity index (χ1n) is 9.12. The molecule has 1 aliphatic heterocycles. The molecule has 0 bridgehead atoms. The van der Waals surface area contributed by atoms with Crippen LogP contribution in [-0.4, -0.2) is 46.5 Å². The zero-order chi connectivity index (χ0) is 20.6. The van der Waals surface area contributed by atoms with Crippen LogP contribution in [0.5, 0.6) is 0 Å². The lowest BCUT2D eigenvalue weighted by molar-refractivity contribution is -0.137. The summed E-state index contributed by atoms with van der Waals surface area (Å²) in [6.45, 7) is 2.35. The lowest BCUT2D eigenvalue weighted by Gasteiger charge is -2.36. The summed E-state index contributed by atoms with van der Waals surface area (Å²) in [5.41, 5.74) is 0.786. The molecule has 1 amide bonds. The van der Waals surface area contributed by atoms with Crippen molar-refractivity contribution in [1.29, 1.82) is 0 Å². The van der Waals surface area contributed by atoms with E-state index in [0.29, 0.717) is 36.3 Å². The van der Waals surface area contributed by atoms with Crippen LogP contribution in [0.1, 0.15) is 5.56 Å². The molecule has 3 heterocycles. The Bertz CT molecular complexity index is 1040. The number of hydrogen-bond acceptors (Lipinski definition) is 3.